The number of primary amides is 1. The van der Waals surface area contributed by atoms with E-state index in [1.165, 1.54) is 24.4 Å². The van der Waals surface area contributed by atoms with Gasteiger partial charge in [0.05, 0.1) is 27.9 Å². The Labute approximate surface area is 319 Å². The summed E-state index contributed by atoms with van der Waals surface area (Å²) >= 11 is 0. The minimum atomic E-state index is -1.12. The van der Waals surface area contributed by atoms with Gasteiger partial charge in [-0.3, -0.25) is 48.8 Å². The summed E-state index contributed by atoms with van der Waals surface area (Å²) in [5.74, 6) is -3.96. The monoisotopic (exact) mass is 753 g/mol. The molecule has 2 aliphatic rings. The minimum absolute atomic E-state index is 0.00510. The van der Waals surface area contributed by atoms with Gasteiger partial charge in [0.1, 0.15) is 11.8 Å². The Morgan fingerprint density at radius 3 is 2.36 bits per heavy atom. The molecule has 1 unspecified atom stereocenters. The molecule has 0 spiro atoms. The number of nitrogens with zero attached hydrogens (tertiary/aromatic N) is 2. The zero-order valence-electron chi connectivity index (χ0n) is 29.8. The molecule has 15 nitrogen and oxygen atoms in total. The molecule has 2 aliphatic heterocycles. The Kier molecular flexibility index (Phi) is 10.5. The number of anilines is 2. The lowest BCUT2D eigenvalue weighted by atomic mass is 10.0. The number of hydrogen-bond donors (Lipinski definition) is 5. The van der Waals surface area contributed by atoms with E-state index in [2.05, 4.69) is 26.3 Å². The van der Waals surface area contributed by atoms with Crippen molar-refractivity contribution in [2.45, 2.75) is 25.3 Å². The number of hydrogen-bond acceptors (Lipinski definition) is 10. The summed E-state index contributed by atoms with van der Waals surface area (Å²) in [7, 11) is 0. The first kappa shape index (κ1) is 36.9. The number of amides is 7. The highest BCUT2D eigenvalue weighted by Crippen LogP contribution is 2.34. The van der Waals surface area contributed by atoms with Crippen LogP contribution >= 0.6 is 0 Å². The molecule has 0 bridgehead atoms. The molecular weight excluding hydrogens is 718 g/mol. The third-order valence-corrected chi connectivity index (χ3v) is 9.41. The molecule has 1 atom stereocenters. The third kappa shape index (κ3) is 7.64. The summed E-state index contributed by atoms with van der Waals surface area (Å²) < 4.78 is 5.61. The smallest absolute Gasteiger partial charge is 0.266 e. The minimum Gasteiger partial charge on any atom is -0.483 e. The summed E-state index contributed by atoms with van der Waals surface area (Å²) in [5, 5.41) is 11.7. The number of rotatable bonds is 13. The van der Waals surface area contributed by atoms with Crippen LogP contribution in [-0.2, 0) is 14.4 Å². The number of nitrogens with two attached hydrogens (primary N) is 1. The fourth-order valence-electron chi connectivity index (χ4n) is 6.59. The van der Waals surface area contributed by atoms with Gasteiger partial charge >= 0.3 is 0 Å². The molecule has 282 valence electrons. The highest BCUT2D eigenvalue weighted by molar-refractivity contribution is 6.24. The quantitative estimate of drug-likeness (QED) is 0.0871. The summed E-state index contributed by atoms with van der Waals surface area (Å²) in [6.45, 7) is 0.0701. The summed E-state index contributed by atoms with van der Waals surface area (Å²) in [5.41, 5.74) is 10.1. The number of ether oxygens (including phenoxy) is 1. The van der Waals surface area contributed by atoms with Crippen molar-refractivity contribution in [1.82, 2.24) is 25.8 Å². The Morgan fingerprint density at radius 2 is 1.61 bits per heavy atom. The van der Waals surface area contributed by atoms with Crippen molar-refractivity contribution in [3.63, 3.8) is 0 Å². The molecule has 1 saturated heterocycles. The number of piperidine rings is 1. The van der Waals surface area contributed by atoms with Crippen molar-refractivity contribution in [3.05, 3.63) is 119 Å². The largest absolute Gasteiger partial charge is 0.483 e. The molecule has 5 aromatic rings. The second-order valence-corrected chi connectivity index (χ2v) is 13.1. The lowest BCUT2D eigenvalue weighted by Gasteiger charge is -2.27. The Hall–Kier alpha value is -7.42. The second-order valence-electron chi connectivity index (χ2n) is 13.1. The topological polar surface area (TPSA) is 219 Å². The van der Waals surface area contributed by atoms with E-state index in [1.807, 2.05) is 60.7 Å². The van der Waals surface area contributed by atoms with Gasteiger partial charge in [0.25, 0.3) is 29.5 Å². The van der Waals surface area contributed by atoms with Crippen LogP contribution < -0.4 is 31.7 Å². The number of fused-ring (bicyclic) bond motifs is 2. The van der Waals surface area contributed by atoms with Crippen LogP contribution in [-0.4, -0.2) is 77.0 Å². The molecule has 1 fully saturated rings. The van der Waals surface area contributed by atoms with Crippen LogP contribution in [0.2, 0.25) is 0 Å². The molecule has 0 radical (unpaired) electrons. The maximum atomic E-state index is 13.2. The maximum Gasteiger partial charge on any atom is 0.266 e. The molecule has 7 rings (SSSR count). The van der Waals surface area contributed by atoms with E-state index in [0.717, 1.165) is 27.1 Å². The first-order valence-electron chi connectivity index (χ1n) is 17.8. The zero-order valence-corrected chi connectivity index (χ0v) is 29.8. The van der Waals surface area contributed by atoms with Gasteiger partial charge in [-0.2, -0.15) is 0 Å². The van der Waals surface area contributed by atoms with Gasteiger partial charge in [0, 0.05) is 42.3 Å². The van der Waals surface area contributed by atoms with E-state index >= 15 is 0 Å². The molecule has 3 heterocycles. The molecule has 6 N–H and O–H groups in total. The summed E-state index contributed by atoms with van der Waals surface area (Å²) in [6, 6.07) is 25.5. The van der Waals surface area contributed by atoms with E-state index in [1.54, 1.807) is 12.1 Å². The highest BCUT2D eigenvalue weighted by atomic mass is 16.5. The SMILES string of the molecule is NC(=O)c1cnc2cc(-c3ccc(C(=O)NCCCNC(=O)COc4cccc5c4C(=O)N(C4CCC(=O)NC4=O)C5=O)cc3)ccc2c1Nc1ccccc1. The average molecular weight is 754 g/mol. The molecule has 15 heteroatoms. The van der Waals surface area contributed by atoms with Crippen LogP contribution in [0.5, 0.6) is 5.75 Å². The van der Waals surface area contributed by atoms with Crippen LogP contribution in [0.4, 0.5) is 11.4 Å². The van der Waals surface area contributed by atoms with E-state index in [-0.39, 0.29) is 54.3 Å². The molecule has 4 aromatic carbocycles. The predicted octanol–water partition coefficient (Wildman–Crippen LogP) is 3.46. The van der Waals surface area contributed by atoms with Crippen molar-refractivity contribution in [3.8, 4) is 16.9 Å². The third-order valence-electron chi connectivity index (χ3n) is 9.41. The van der Waals surface area contributed by atoms with Crippen molar-refractivity contribution in [1.29, 1.82) is 0 Å². The Morgan fingerprint density at radius 1 is 0.857 bits per heavy atom. The predicted molar refractivity (Wildman–Crippen MR) is 204 cm³/mol. The molecule has 1 aromatic heterocycles. The highest BCUT2D eigenvalue weighted by Gasteiger charge is 2.46. The number of carbonyl (C=O) groups excluding carboxylic acids is 7. The molecular formula is C41H35N7O8. The Balaban J connectivity index is 0.885. The lowest BCUT2D eigenvalue weighted by Crippen LogP contribution is -2.54. The zero-order chi connectivity index (χ0) is 39.3. The fraction of sp³-hybridized carbons (Fsp3) is 0.171. The summed E-state index contributed by atoms with van der Waals surface area (Å²) in [6.07, 6.45) is 1.89. The number of aromatic nitrogens is 1. The maximum absolute atomic E-state index is 13.2. The number of carbonyl (C=O) groups is 7. The number of benzene rings is 4. The van der Waals surface area contributed by atoms with E-state index in [9.17, 15) is 33.6 Å². The van der Waals surface area contributed by atoms with Crippen LogP contribution in [0.15, 0.2) is 97.2 Å². The molecule has 7 amide bonds. The van der Waals surface area contributed by atoms with Crippen molar-refractivity contribution < 1.29 is 38.3 Å². The van der Waals surface area contributed by atoms with Crippen molar-refractivity contribution in [2.24, 2.45) is 5.73 Å². The van der Waals surface area contributed by atoms with Crippen LogP contribution in [0.25, 0.3) is 22.0 Å². The van der Waals surface area contributed by atoms with Crippen molar-refractivity contribution >= 4 is 63.6 Å². The molecule has 0 aliphatic carbocycles. The van der Waals surface area contributed by atoms with Gasteiger partial charge in [0.2, 0.25) is 11.8 Å². The number of nitrogens with one attached hydrogen (secondary N) is 4. The number of para-hydroxylation sites is 1. The number of pyridine rings is 1. The molecule has 56 heavy (non-hydrogen) atoms. The van der Waals surface area contributed by atoms with Crippen molar-refractivity contribution in [2.75, 3.05) is 25.0 Å². The van der Waals surface area contributed by atoms with Crippen LogP contribution in [0.1, 0.15) is 60.7 Å². The van der Waals surface area contributed by atoms with E-state index < -0.39 is 48.1 Å². The average Bonchev–Trinajstić information content (AvgIpc) is 3.46. The summed E-state index contributed by atoms with van der Waals surface area (Å²) in [4.78, 5) is 93.0. The van der Waals surface area contributed by atoms with Gasteiger partial charge in [-0.05, 0) is 66.4 Å². The van der Waals surface area contributed by atoms with Gasteiger partial charge in [-0.15, -0.1) is 0 Å². The molecule has 0 saturated carbocycles. The lowest BCUT2D eigenvalue weighted by molar-refractivity contribution is -0.136. The standard InChI is InChI=1S/C41H35N7O8/c42-37(51)29-21-45-30-20-25(14-15-27(30)36(29)46-26-6-2-1-3-7-26)23-10-12-24(13-11-23)38(52)44-19-5-18-43-34(50)22-56-32-9-4-8-28-35(32)41(55)48(40(28)54)31-16-17-33(49)47-39(31)53/h1-4,6-15,20-21,31H,5,16-19,22H2,(H2,42,51)(H,43,50)(H,44,52)(H,45,46)(H,47,49,53). The van der Waals surface area contributed by atoms with Gasteiger partial charge < -0.3 is 26.4 Å². The van der Waals surface area contributed by atoms with Crippen LogP contribution in [0.3, 0.4) is 0 Å². The van der Waals surface area contributed by atoms with Gasteiger partial charge in [-0.1, -0.05) is 48.5 Å². The van der Waals surface area contributed by atoms with E-state index in [4.69, 9.17) is 10.5 Å². The second kappa shape index (κ2) is 15.9. The van der Waals surface area contributed by atoms with Gasteiger partial charge in [-0.25, -0.2) is 0 Å². The first-order valence-corrected chi connectivity index (χ1v) is 17.8. The van der Waals surface area contributed by atoms with Crippen LogP contribution in [0, 0.1) is 0 Å². The normalized spacial score (nSPS) is 14.9. The van der Waals surface area contributed by atoms with Gasteiger partial charge in [0.15, 0.2) is 6.61 Å². The first-order chi connectivity index (χ1) is 27.1. The number of imide groups is 2. The fourth-order valence-corrected chi connectivity index (χ4v) is 6.59. The van der Waals surface area contributed by atoms with E-state index in [0.29, 0.717) is 23.2 Å². The Bertz CT molecular complexity index is 2420.